The molecule has 3 N–H and O–H groups in total. The molecule has 0 spiro atoms. The van der Waals surface area contributed by atoms with Crippen LogP contribution in [0.2, 0.25) is 0 Å². The highest BCUT2D eigenvalue weighted by atomic mass is 127. The molecule has 0 saturated carbocycles. The lowest BCUT2D eigenvalue weighted by atomic mass is 9.94. The van der Waals surface area contributed by atoms with Crippen molar-refractivity contribution in [1.29, 1.82) is 0 Å². The molecule has 1 aliphatic rings. The fourth-order valence-corrected chi connectivity index (χ4v) is 3.62. The Morgan fingerprint density at radius 1 is 1.23 bits per heavy atom. The van der Waals surface area contributed by atoms with Crippen molar-refractivity contribution in [2.75, 3.05) is 59.1 Å². The summed E-state index contributed by atoms with van der Waals surface area (Å²) >= 11 is 0. The largest absolute Gasteiger partial charge is 0.469 e. The van der Waals surface area contributed by atoms with Crippen LogP contribution in [0.5, 0.6) is 0 Å². The predicted octanol–water partition coefficient (Wildman–Crippen LogP) is 2.74. The average molecular weight is 536 g/mol. The molecule has 174 valence electrons. The van der Waals surface area contributed by atoms with Gasteiger partial charge in [0.1, 0.15) is 5.76 Å². The summed E-state index contributed by atoms with van der Waals surface area (Å²) in [5.74, 6) is 2.85. The van der Waals surface area contributed by atoms with E-state index in [9.17, 15) is 5.11 Å². The van der Waals surface area contributed by atoms with Gasteiger partial charge in [-0.25, -0.2) is 0 Å². The number of aliphatic hydroxyl groups is 1. The standard InChI is InChI=1S/C22H40N4O3.HI/c1-19(2)17-20(7-13-27)18-25-22(24-9-6-21-5-3-14-29-21)23-8-4-10-26-11-15-28-16-12-26;/h3,5,14,19-20,27H,4,6-13,15-18H2,1-2H3,(H2,23,24,25);1H. The number of furan rings is 1. The van der Waals surface area contributed by atoms with E-state index < -0.39 is 0 Å². The number of guanidine groups is 1. The van der Waals surface area contributed by atoms with E-state index in [2.05, 4.69) is 29.4 Å². The Labute approximate surface area is 199 Å². The van der Waals surface area contributed by atoms with Gasteiger partial charge < -0.3 is 24.9 Å². The molecule has 8 heteroatoms. The van der Waals surface area contributed by atoms with Crippen molar-refractivity contribution in [3.63, 3.8) is 0 Å². The molecule has 0 amide bonds. The molecule has 1 fully saturated rings. The van der Waals surface area contributed by atoms with Gasteiger partial charge in [-0.1, -0.05) is 13.8 Å². The zero-order valence-electron chi connectivity index (χ0n) is 18.6. The maximum Gasteiger partial charge on any atom is 0.191 e. The van der Waals surface area contributed by atoms with Crippen LogP contribution >= 0.6 is 24.0 Å². The van der Waals surface area contributed by atoms with Crippen LogP contribution in [0.1, 0.15) is 38.9 Å². The monoisotopic (exact) mass is 536 g/mol. The lowest BCUT2D eigenvalue weighted by molar-refractivity contribution is 0.0376. The SMILES string of the molecule is CC(C)CC(CCO)CN=C(NCCCN1CCOCC1)NCCc1ccco1.I. The lowest BCUT2D eigenvalue weighted by Gasteiger charge is -2.26. The Morgan fingerprint density at radius 3 is 2.67 bits per heavy atom. The van der Waals surface area contributed by atoms with Gasteiger partial charge in [-0.2, -0.15) is 0 Å². The minimum atomic E-state index is 0. The quantitative estimate of drug-likeness (QED) is 0.156. The molecule has 0 aliphatic carbocycles. The Hall–Kier alpha value is -0.840. The number of aliphatic hydroxyl groups excluding tert-OH is 1. The number of hydrogen-bond donors (Lipinski definition) is 3. The van der Waals surface area contributed by atoms with E-state index >= 15 is 0 Å². The van der Waals surface area contributed by atoms with Crippen LogP contribution in [-0.2, 0) is 11.2 Å². The Kier molecular flexibility index (Phi) is 15.2. The third kappa shape index (κ3) is 12.1. The van der Waals surface area contributed by atoms with Crippen LogP contribution in [0.3, 0.4) is 0 Å². The van der Waals surface area contributed by atoms with Crippen molar-refractivity contribution in [1.82, 2.24) is 15.5 Å². The van der Waals surface area contributed by atoms with Crippen molar-refractivity contribution in [2.45, 2.75) is 39.5 Å². The number of rotatable bonds is 13. The second-order valence-electron chi connectivity index (χ2n) is 8.19. The summed E-state index contributed by atoms with van der Waals surface area (Å²) in [7, 11) is 0. The van der Waals surface area contributed by atoms with E-state index in [4.69, 9.17) is 14.1 Å². The van der Waals surface area contributed by atoms with E-state index in [0.717, 1.165) is 89.9 Å². The van der Waals surface area contributed by atoms with Gasteiger partial charge in [-0.3, -0.25) is 9.89 Å². The first-order chi connectivity index (χ1) is 14.2. The van der Waals surface area contributed by atoms with Gasteiger partial charge in [0.05, 0.1) is 19.5 Å². The zero-order chi connectivity index (χ0) is 20.7. The third-order valence-electron chi connectivity index (χ3n) is 5.14. The molecule has 0 bridgehead atoms. The molecular formula is C22H41IN4O3. The molecule has 2 heterocycles. The highest BCUT2D eigenvalue weighted by Crippen LogP contribution is 2.15. The summed E-state index contributed by atoms with van der Waals surface area (Å²) in [5, 5.41) is 16.3. The first-order valence-corrected chi connectivity index (χ1v) is 11.1. The van der Waals surface area contributed by atoms with Crippen molar-refractivity contribution in [3.8, 4) is 0 Å². The number of nitrogens with zero attached hydrogens (tertiary/aromatic N) is 2. The summed E-state index contributed by atoms with van der Waals surface area (Å²) in [6, 6.07) is 3.91. The molecule has 30 heavy (non-hydrogen) atoms. The fraction of sp³-hybridized carbons (Fsp3) is 0.773. The maximum atomic E-state index is 9.36. The van der Waals surface area contributed by atoms with Gasteiger partial charge in [0, 0.05) is 45.8 Å². The van der Waals surface area contributed by atoms with Gasteiger partial charge in [0.2, 0.25) is 0 Å². The number of ether oxygens (including phenoxy) is 1. The normalized spacial score (nSPS) is 16.3. The van der Waals surface area contributed by atoms with Crippen LogP contribution in [0.15, 0.2) is 27.8 Å². The maximum absolute atomic E-state index is 9.36. The topological polar surface area (TPSA) is 82.3 Å². The summed E-state index contributed by atoms with van der Waals surface area (Å²) < 4.78 is 10.8. The summed E-state index contributed by atoms with van der Waals surface area (Å²) in [6.07, 6.45) is 5.50. The van der Waals surface area contributed by atoms with Gasteiger partial charge in [0.15, 0.2) is 5.96 Å². The number of nitrogens with one attached hydrogen (secondary N) is 2. The minimum absolute atomic E-state index is 0. The van der Waals surface area contributed by atoms with E-state index in [-0.39, 0.29) is 30.6 Å². The van der Waals surface area contributed by atoms with Crippen LogP contribution in [-0.4, -0.2) is 75.1 Å². The van der Waals surface area contributed by atoms with E-state index in [0.29, 0.717) is 11.8 Å². The van der Waals surface area contributed by atoms with Crippen LogP contribution in [0.4, 0.5) is 0 Å². The van der Waals surface area contributed by atoms with E-state index in [1.54, 1.807) is 6.26 Å². The molecular weight excluding hydrogens is 495 g/mol. The summed E-state index contributed by atoms with van der Waals surface area (Å²) in [5.41, 5.74) is 0. The van der Waals surface area contributed by atoms with E-state index in [1.165, 1.54) is 0 Å². The van der Waals surface area contributed by atoms with Crippen molar-refractivity contribution < 1.29 is 14.3 Å². The Bertz CT molecular complexity index is 549. The molecule has 1 aromatic rings. The molecule has 7 nitrogen and oxygen atoms in total. The van der Waals surface area contributed by atoms with Crippen LogP contribution in [0, 0.1) is 11.8 Å². The summed E-state index contributed by atoms with van der Waals surface area (Å²) in [4.78, 5) is 7.27. The highest BCUT2D eigenvalue weighted by molar-refractivity contribution is 14.0. The fourth-order valence-electron chi connectivity index (χ4n) is 3.62. The number of hydrogen-bond acceptors (Lipinski definition) is 5. The van der Waals surface area contributed by atoms with Gasteiger partial charge in [-0.05, 0) is 49.8 Å². The Balaban J connectivity index is 0.00000450. The average Bonchev–Trinajstić information content (AvgIpc) is 3.22. The molecule has 1 aliphatic heterocycles. The molecule has 2 rings (SSSR count). The lowest BCUT2D eigenvalue weighted by Crippen LogP contribution is -2.41. The van der Waals surface area contributed by atoms with Crippen LogP contribution in [0.25, 0.3) is 0 Å². The molecule has 1 saturated heterocycles. The second-order valence-corrected chi connectivity index (χ2v) is 8.19. The first-order valence-electron chi connectivity index (χ1n) is 11.1. The summed E-state index contributed by atoms with van der Waals surface area (Å²) in [6.45, 7) is 11.9. The first kappa shape index (κ1) is 27.2. The molecule has 0 aromatic carbocycles. The molecule has 0 radical (unpaired) electrons. The third-order valence-corrected chi connectivity index (χ3v) is 5.14. The number of halogens is 1. The van der Waals surface area contributed by atoms with Crippen LogP contribution < -0.4 is 10.6 Å². The minimum Gasteiger partial charge on any atom is -0.469 e. The Morgan fingerprint density at radius 2 is 2.00 bits per heavy atom. The highest BCUT2D eigenvalue weighted by Gasteiger charge is 2.12. The predicted molar refractivity (Wildman–Crippen MR) is 133 cm³/mol. The number of morpholine rings is 1. The molecule has 1 aromatic heterocycles. The van der Waals surface area contributed by atoms with Gasteiger partial charge in [0.25, 0.3) is 0 Å². The smallest absolute Gasteiger partial charge is 0.191 e. The van der Waals surface area contributed by atoms with Gasteiger partial charge >= 0.3 is 0 Å². The van der Waals surface area contributed by atoms with Crippen molar-refractivity contribution in [2.24, 2.45) is 16.8 Å². The molecule has 1 unspecified atom stereocenters. The van der Waals surface area contributed by atoms with Crippen molar-refractivity contribution >= 4 is 29.9 Å². The number of aliphatic imine (C=N–C) groups is 1. The zero-order valence-corrected chi connectivity index (χ0v) is 21.0. The second kappa shape index (κ2) is 16.8. The van der Waals surface area contributed by atoms with Gasteiger partial charge in [-0.15, -0.1) is 24.0 Å². The van der Waals surface area contributed by atoms with E-state index in [1.807, 2.05) is 12.1 Å². The molecule has 1 atom stereocenters. The van der Waals surface area contributed by atoms with Crippen molar-refractivity contribution in [3.05, 3.63) is 24.2 Å².